The third kappa shape index (κ3) is 1.04. The molecule has 0 radical (unpaired) electrons. The Labute approximate surface area is 59.7 Å². The summed E-state index contributed by atoms with van der Waals surface area (Å²) in [6.45, 7) is 3.56. The summed E-state index contributed by atoms with van der Waals surface area (Å²) in [6, 6.07) is 1.59. The maximum absolute atomic E-state index is 5.61. The Hall–Kier alpha value is -1.22. The number of nitrogens with two attached hydrogens (primary N) is 2. The van der Waals surface area contributed by atoms with Crippen molar-refractivity contribution in [3.63, 3.8) is 0 Å². The third-order valence-electron chi connectivity index (χ3n) is 1.40. The zero-order valence-electron chi connectivity index (χ0n) is 5.67. The normalized spacial score (nSPS) is 12.9. The highest BCUT2D eigenvalue weighted by atomic mass is 14.8. The van der Waals surface area contributed by atoms with Crippen LogP contribution >= 0.6 is 0 Å². The molecule has 0 aliphatic carbocycles. The third-order valence-corrected chi connectivity index (χ3v) is 1.40. The summed E-state index contributed by atoms with van der Waals surface area (Å²) in [5, 5.41) is 0. The van der Waals surface area contributed by atoms with Gasteiger partial charge in [0.2, 0.25) is 0 Å². The van der Waals surface area contributed by atoms with Crippen LogP contribution in [0.15, 0.2) is 24.9 Å². The molecule has 0 saturated heterocycles. The zero-order valence-corrected chi connectivity index (χ0v) is 5.67. The number of nitrogen functional groups attached to an aromatic ring is 1. The van der Waals surface area contributed by atoms with E-state index in [4.69, 9.17) is 11.5 Å². The van der Waals surface area contributed by atoms with Crippen LogP contribution < -0.4 is 11.5 Å². The highest BCUT2D eigenvalue weighted by Gasteiger charge is 2.04. The molecule has 0 aliphatic heterocycles. The van der Waals surface area contributed by atoms with Crippen LogP contribution in [0.2, 0.25) is 0 Å². The highest BCUT2D eigenvalue weighted by molar-refractivity contribution is 5.45. The summed E-state index contributed by atoms with van der Waals surface area (Å²) in [4.78, 5) is 2.93. The van der Waals surface area contributed by atoms with Crippen molar-refractivity contribution >= 4 is 5.69 Å². The molecule has 54 valence electrons. The Morgan fingerprint density at radius 3 is 2.80 bits per heavy atom. The van der Waals surface area contributed by atoms with Crippen molar-refractivity contribution in [2.45, 2.75) is 6.04 Å². The van der Waals surface area contributed by atoms with Crippen LogP contribution in [-0.2, 0) is 0 Å². The molecule has 10 heavy (non-hydrogen) atoms. The minimum Gasteiger partial charge on any atom is -0.397 e. The van der Waals surface area contributed by atoms with Crippen LogP contribution in [0.25, 0.3) is 0 Å². The molecule has 1 aromatic heterocycles. The average molecular weight is 137 g/mol. The van der Waals surface area contributed by atoms with Gasteiger partial charge in [-0.2, -0.15) is 0 Å². The fourth-order valence-electron chi connectivity index (χ4n) is 0.801. The van der Waals surface area contributed by atoms with Gasteiger partial charge in [-0.25, -0.2) is 0 Å². The number of hydrogen-bond acceptors (Lipinski definition) is 2. The van der Waals surface area contributed by atoms with Gasteiger partial charge in [-0.1, -0.05) is 6.08 Å². The van der Waals surface area contributed by atoms with Crippen LogP contribution in [0.3, 0.4) is 0 Å². The minimum absolute atomic E-state index is 0.185. The molecule has 0 saturated carbocycles. The van der Waals surface area contributed by atoms with Crippen LogP contribution in [-0.4, -0.2) is 4.98 Å². The molecule has 0 fully saturated rings. The fourth-order valence-corrected chi connectivity index (χ4v) is 0.801. The van der Waals surface area contributed by atoms with Crippen molar-refractivity contribution in [3.05, 3.63) is 30.6 Å². The van der Waals surface area contributed by atoms with E-state index in [0.29, 0.717) is 5.69 Å². The lowest BCUT2D eigenvalue weighted by molar-refractivity contribution is 0.879. The highest BCUT2D eigenvalue weighted by Crippen LogP contribution is 2.15. The molecule has 0 spiro atoms. The molecular weight excluding hydrogens is 126 g/mol. The number of anilines is 1. The molecule has 1 aromatic rings. The molecular formula is C7H11N3. The number of aromatic amines is 1. The first-order valence-corrected chi connectivity index (χ1v) is 3.06. The molecule has 1 rings (SSSR count). The number of aromatic nitrogens is 1. The first-order chi connectivity index (χ1) is 4.75. The van der Waals surface area contributed by atoms with Gasteiger partial charge in [-0.3, -0.25) is 0 Å². The van der Waals surface area contributed by atoms with Gasteiger partial charge in [0.05, 0.1) is 17.4 Å². The Bertz CT molecular complexity index is 227. The number of rotatable bonds is 2. The Morgan fingerprint density at radius 2 is 2.40 bits per heavy atom. The molecule has 3 heteroatoms. The van der Waals surface area contributed by atoms with Gasteiger partial charge in [0.25, 0.3) is 0 Å². The summed E-state index contributed by atoms with van der Waals surface area (Å²) in [7, 11) is 0. The van der Waals surface area contributed by atoms with Crippen molar-refractivity contribution in [1.82, 2.24) is 4.98 Å². The topological polar surface area (TPSA) is 67.8 Å². The molecule has 0 aromatic carbocycles. The Morgan fingerprint density at radius 1 is 1.70 bits per heavy atom. The molecule has 1 heterocycles. The van der Waals surface area contributed by atoms with Crippen LogP contribution in [0.1, 0.15) is 11.7 Å². The van der Waals surface area contributed by atoms with Crippen molar-refractivity contribution in [2.24, 2.45) is 5.73 Å². The summed E-state index contributed by atoms with van der Waals surface area (Å²) in [6.07, 6.45) is 3.40. The predicted octanol–water partition coefficient (Wildman–Crippen LogP) is 0.783. The quantitative estimate of drug-likeness (QED) is 0.527. The summed E-state index contributed by atoms with van der Waals surface area (Å²) in [5.74, 6) is 0. The van der Waals surface area contributed by atoms with Gasteiger partial charge < -0.3 is 16.5 Å². The lowest BCUT2D eigenvalue weighted by Gasteiger charge is -2.03. The largest absolute Gasteiger partial charge is 0.397 e. The van der Waals surface area contributed by atoms with Gasteiger partial charge >= 0.3 is 0 Å². The summed E-state index contributed by atoms with van der Waals surface area (Å²) < 4.78 is 0. The minimum atomic E-state index is -0.185. The van der Waals surface area contributed by atoms with E-state index in [1.165, 1.54) is 0 Å². The van der Waals surface area contributed by atoms with Gasteiger partial charge in [0.15, 0.2) is 0 Å². The van der Waals surface area contributed by atoms with Gasteiger partial charge in [-0.05, 0) is 6.07 Å². The number of hydrogen-bond donors (Lipinski definition) is 3. The second-order valence-corrected chi connectivity index (χ2v) is 2.11. The Kier molecular flexibility index (Phi) is 1.78. The first-order valence-electron chi connectivity index (χ1n) is 3.06. The second-order valence-electron chi connectivity index (χ2n) is 2.11. The monoisotopic (exact) mass is 137 g/mol. The fraction of sp³-hybridized carbons (Fsp3) is 0.143. The zero-order chi connectivity index (χ0) is 7.56. The molecule has 0 bridgehead atoms. The molecule has 0 aliphatic rings. The second kappa shape index (κ2) is 2.58. The van der Waals surface area contributed by atoms with Crippen molar-refractivity contribution in [3.8, 4) is 0 Å². The Balaban J connectivity index is 2.92. The number of H-pyrrole nitrogens is 1. The van der Waals surface area contributed by atoms with Crippen LogP contribution in [0.5, 0.6) is 0 Å². The smallest absolute Gasteiger partial charge is 0.0652 e. The first kappa shape index (κ1) is 6.89. The number of nitrogens with one attached hydrogen (secondary N) is 1. The van der Waals surface area contributed by atoms with E-state index in [0.717, 1.165) is 5.69 Å². The maximum Gasteiger partial charge on any atom is 0.0652 e. The van der Waals surface area contributed by atoms with Crippen LogP contribution in [0, 0.1) is 0 Å². The maximum atomic E-state index is 5.61. The van der Waals surface area contributed by atoms with Crippen LogP contribution in [0.4, 0.5) is 5.69 Å². The predicted molar refractivity (Wildman–Crippen MR) is 42.3 cm³/mol. The molecule has 0 amide bonds. The van der Waals surface area contributed by atoms with Crippen molar-refractivity contribution < 1.29 is 0 Å². The molecule has 1 atom stereocenters. The molecule has 0 unspecified atom stereocenters. The van der Waals surface area contributed by atoms with Gasteiger partial charge in [-0.15, -0.1) is 6.58 Å². The van der Waals surface area contributed by atoms with E-state index in [-0.39, 0.29) is 6.04 Å². The lowest BCUT2D eigenvalue weighted by atomic mass is 10.2. The summed E-state index contributed by atoms with van der Waals surface area (Å²) in [5.41, 5.74) is 12.7. The SMILES string of the molecule is C=C[C@@H](N)c1[nH]ccc1N. The van der Waals surface area contributed by atoms with Crippen molar-refractivity contribution in [1.29, 1.82) is 0 Å². The van der Waals surface area contributed by atoms with Crippen molar-refractivity contribution in [2.75, 3.05) is 5.73 Å². The standard InChI is InChI=1S/C7H11N3/c1-2-5(8)7-6(9)3-4-10-7/h2-5,10H,1,8-9H2/t5-/m1/s1. The summed E-state index contributed by atoms with van der Waals surface area (Å²) >= 11 is 0. The van der Waals surface area contributed by atoms with E-state index >= 15 is 0 Å². The average Bonchev–Trinajstić information content (AvgIpc) is 2.34. The van der Waals surface area contributed by atoms with E-state index < -0.39 is 0 Å². The molecule has 5 N–H and O–H groups in total. The van der Waals surface area contributed by atoms with Gasteiger partial charge in [0, 0.05) is 6.20 Å². The lowest BCUT2D eigenvalue weighted by Crippen LogP contribution is -2.08. The molecule has 3 nitrogen and oxygen atoms in total. The van der Waals surface area contributed by atoms with E-state index in [1.54, 1.807) is 18.3 Å². The van der Waals surface area contributed by atoms with Gasteiger partial charge in [0.1, 0.15) is 0 Å². The van der Waals surface area contributed by atoms with E-state index in [9.17, 15) is 0 Å². The van der Waals surface area contributed by atoms with E-state index in [1.807, 2.05) is 0 Å². The van der Waals surface area contributed by atoms with E-state index in [2.05, 4.69) is 11.6 Å².